The van der Waals surface area contributed by atoms with Crippen LogP contribution in [0.15, 0.2) is 0 Å². The normalized spacial score (nSPS) is 34.8. The molecule has 0 aromatic carbocycles. The fraction of sp³-hybridized carbons (Fsp3) is 0.923. The molecule has 0 bridgehead atoms. The fourth-order valence-electron chi connectivity index (χ4n) is 3.01. The van der Waals surface area contributed by atoms with Gasteiger partial charge in [-0.1, -0.05) is 0 Å². The minimum absolute atomic E-state index is 0.260. The standard InChI is InChI=1S/C13H24N2O2/c1-10(2)15-6-4-5-11(8-15)7-13(3)9-14-12(16)17-13/h10-11H,4-9H2,1-3H3,(H,14,16). The number of alkyl carbamates (subject to hydrolysis) is 1. The lowest BCUT2D eigenvalue weighted by Gasteiger charge is -2.37. The van der Waals surface area contributed by atoms with Crippen LogP contribution in [-0.2, 0) is 4.74 Å². The Balaban J connectivity index is 1.88. The number of ether oxygens (including phenoxy) is 1. The maximum Gasteiger partial charge on any atom is 0.407 e. The average Bonchev–Trinajstić information content (AvgIpc) is 2.58. The van der Waals surface area contributed by atoms with Crippen LogP contribution in [-0.4, -0.2) is 42.3 Å². The summed E-state index contributed by atoms with van der Waals surface area (Å²) >= 11 is 0. The second-order valence-corrected chi connectivity index (χ2v) is 5.99. The van der Waals surface area contributed by atoms with E-state index in [0.29, 0.717) is 18.5 Å². The van der Waals surface area contributed by atoms with Crippen LogP contribution in [0.25, 0.3) is 0 Å². The maximum atomic E-state index is 11.1. The van der Waals surface area contributed by atoms with Crippen molar-refractivity contribution in [3.63, 3.8) is 0 Å². The summed E-state index contributed by atoms with van der Waals surface area (Å²) in [6, 6.07) is 0.620. The molecule has 1 N–H and O–H groups in total. The van der Waals surface area contributed by atoms with E-state index in [4.69, 9.17) is 4.74 Å². The molecule has 2 heterocycles. The molecule has 2 aliphatic rings. The number of cyclic esters (lactones) is 1. The van der Waals surface area contributed by atoms with Gasteiger partial charge >= 0.3 is 6.09 Å². The van der Waals surface area contributed by atoms with Gasteiger partial charge in [0.15, 0.2) is 0 Å². The summed E-state index contributed by atoms with van der Waals surface area (Å²) in [6.07, 6.45) is 3.25. The summed E-state index contributed by atoms with van der Waals surface area (Å²) in [6.45, 7) is 9.56. The second kappa shape index (κ2) is 4.84. The highest BCUT2D eigenvalue weighted by atomic mass is 16.6. The van der Waals surface area contributed by atoms with Crippen molar-refractivity contribution in [2.75, 3.05) is 19.6 Å². The molecule has 17 heavy (non-hydrogen) atoms. The molecular weight excluding hydrogens is 216 g/mol. The summed E-state index contributed by atoms with van der Waals surface area (Å²) in [5.74, 6) is 0.656. The molecule has 98 valence electrons. The first-order chi connectivity index (χ1) is 7.98. The minimum atomic E-state index is -0.290. The first kappa shape index (κ1) is 12.7. The zero-order chi connectivity index (χ0) is 12.5. The molecule has 0 aromatic rings. The summed E-state index contributed by atoms with van der Waals surface area (Å²) in [7, 11) is 0. The monoisotopic (exact) mass is 240 g/mol. The maximum absolute atomic E-state index is 11.1. The van der Waals surface area contributed by atoms with Gasteiger partial charge in [-0.15, -0.1) is 0 Å². The van der Waals surface area contributed by atoms with Crippen LogP contribution in [0.2, 0.25) is 0 Å². The first-order valence-corrected chi connectivity index (χ1v) is 6.69. The number of nitrogens with one attached hydrogen (secondary N) is 1. The van der Waals surface area contributed by atoms with Gasteiger partial charge in [-0.05, 0) is 52.5 Å². The summed E-state index contributed by atoms with van der Waals surface area (Å²) < 4.78 is 5.38. The summed E-state index contributed by atoms with van der Waals surface area (Å²) in [5.41, 5.74) is -0.290. The third kappa shape index (κ3) is 3.12. The molecular formula is C13H24N2O2. The van der Waals surface area contributed by atoms with Crippen LogP contribution in [0.3, 0.4) is 0 Å². The van der Waals surface area contributed by atoms with Gasteiger partial charge in [0.2, 0.25) is 0 Å². The Kier molecular flexibility index (Phi) is 3.61. The molecule has 4 heteroatoms. The molecule has 2 atom stereocenters. The highest BCUT2D eigenvalue weighted by Crippen LogP contribution is 2.30. The summed E-state index contributed by atoms with van der Waals surface area (Å²) in [4.78, 5) is 13.7. The number of carbonyl (C=O) groups excluding carboxylic acids is 1. The molecule has 2 saturated heterocycles. The highest BCUT2D eigenvalue weighted by Gasteiger charge is 2.38. The largest absolute Gasteiger partial charge is 0.441 e. The zero-order valence-electron chi connectivity index (χ0n) is 11.2. The number of nitrogens with zero attached hydrogens (tertiary/aromatic N) is 1. The number of carbonyl (C=O) groups is 1. The predicted octanol–water partition coefficient (Wildman–Crippen LogP) is 2.00. The van der Waals surface area contributed by atoms with E-state index in [0.717, 1.165) is 13.0 Å². The number of piperidine rings is 1. The molecule has 0 aromatic heterocycles. The Hall–Kier alpha value is -0.770. The van der Waals surface area contributed by atoms with Crippen molar-refractivity contribution in [1.82, 2.24) is 10.2 Å². The molecule has 0 radical (unpaired) electrons. The lowest BCUT2D eigenvalue weighted by atomic mass is 9.86. The van der Waals surface area contributed by atoms with Crippen molar-refractivity contribution in [3.05, 3.63) is 0 Å². The van der Waals surface area contributed by atoms with E-state index in [9.17, 15) is 4.79 Å². The van der Waals surface area contributed by atoms with Crippen molar-refractivity contribution in [2.45, 2.75) is 51.7 Å². The third-order valence-corrected chi connectivity index (χ3v) is 3.95. The van der Waals surface area contributed by atoms with E-state index in [-0.39, 0.29) is 11.7 Å². The van der Waals surface area contributed by atoms with Crippen LogP contribution in [0.5, 0.6) is 0 Å². The van der Waals surface area contributed by atoms with Crippen molar-refractivity contribution in [1.29, 1.82) is 0 Å². The molecule has 0 spiro atoms. The highest BCUT2D eigenvalue weighted by molar-refractivity contribution is 5.70. The lowest BCUT2D eigenvalue weighted by molar-refractivity contribution is 0.0313. The van der Waals surface area contributed by atoms with Gasteiger partial charge in [0.05, 0.1) is 6.54 Å². The van der Waals surface area contributed by atoms with Crippen molar-refractivity contribution in [2.24, 2.45) is 5.92 Å². The molecule has 2 aliphatic heterocycles. The number of likely N-dealkylation sites (tertiary alicyclic amines) is 1. The minimum Gasteiger partial charge on any atom is -0.441 e. The molecule has 2 rings (SSSR count). The van der Waals surface area contributed by atoms with Crippen molar-refractivity contribution < 1.29 is 9.53 Å². The molecule has 2 unspecified atom stereocenters. The van der Waals surface area contributed by atoms with Crippen LogP contribution in [0, 0.1) is 5.92 Å². The predicted molar refractivity (Wildman–Crippen MR) is 66.9 cm³/mol. The van der Waals surface area contributed by atoms with Gasteiger partial charge in [0, 0.05) is 12.6 Å². The van der Waals surface area contributed by atoms with Gasteiger partial charge in [0.1, 0.15) is 5.60 Å². The van der Waals surface area contributed by atoms with Gasteiger partial charge in [-0.3, -0.25) is 0 Å². The molecule has 2 fully saturated rings. The van der Waals surface area contributed by atoms with Crippen LogP contribution in [0.1, 0.15) is 40.0 Å². The molecule has 0 saturated carbocycles. The Morgan fingerprint density at radius 3 is 2.94 bits per heavy atom. The van der Waals surface area contributed by atoms with Gasteiger partial charge in [-0.2, -0.15) is 0 Å². The van der Waals surface area contributed by atoms with E-state index in [1.807, 2.05) is 6.92 Å². The number of rotatable bonds is 3. The summed E-state index contributed by atoms with van der Waals surface area (Å²) in [5, 5.41) is 2.76. The fourth-order valence-corrected chi connectivity index (χ4v) is 3.01. The van der Waals surface area contributed by atoms with Crippen LogP contribution >= 0.6 is 0 Å². The Labute approximate surface area is 104 Å². The number of hydrogen-bond donors (Lipinski definition) is 1. The van der Waals surface area contributed by atoms with E-state index >= 15 is 0 Å². The smallest absolute Gasteiger partial charge is 0.407 e. The lowest BCUT2D eigenvalue weighted by Crippen LogP contribution is -2.43. The molecule has 0 aliphatic carbocycles. The van der Waals surface area contributed by atoms with Gasteiger partial charge < -0.3 is 15.0 Å². The van der Waals surface area contributed by atoms with E-state index < -0.39 is 0 Å². The third-order valence-electron chi connectivity index (χ3n) is 3.95. The Bertz CT molecular complexity index is 293. The van der Waals surface area contributed by atoms with Gasteiger partial charge in [0.25, 0.3) is 0 Å². The number of amides is 1. The van der Waals surface area contributed by atoms with E-state index in [1.54, 1.807) is 0 Å². The second-order valence-electron chi connectivity index (χ2n) is 5.99. The van der Waals surface area contributed by atoms with Crippen molar-refractivity contribution in [3.8, 4) is 0 Å². The molecule has 1 amide bonds. The Morgan fingerprint density at radius 2 is 2.35 bits per heavy atom. The van der Waals surface area contributed by atoms with Gasteiger partial charge in [-0.25, -0.2) is 4.79 Å². The SMILES string of the molecule is CC(C)N1CCCC(CC2(C)CNC(=O)O2)C1. The quantitative estimate of drug-likeness (QED) is 0.820. The zero-order valence-corrected chi connectivity index (χ0v) is 11.2. The first-order valence-electron chi connectivity index (χ1n) is 6.69. The average molecular weight is 240 g/mol. The van der Waals surface area contributed by atoms with Crippen LogP contribution in [0.4, 0.5) is 4.79 Å². The van der Waals surface area contributed by atoms with Crippen LogP contribution < -0.4 is 5.32 Å². The van der Waals surface area contributed by atoms with E-state index in [1.165, 1.54) is 19.4 Å². The van der Waals surface area contributed by atoms with E-state index in [2.05, 4.69) is 24.1 Å². The molecule has 4 nitrogen and oxygen atoms in total. The Morgan fingerprint density at radius 1 is 1.59 bits per heavy atom. The number of hydrogen-bond acceptors (Lipinski definition) is 3. The topological polar surface area (TPSA) is 41.6 Å². The van der Waals surface area contributed by atoms with Crippen molar-refractivity contribution >= 4 is 6.09 Å².